The van der Waals surface area contributed by atoms with E-state index in [-0.39, 0.29) is 0 Å². The summed E-state index contributed by atoms with van der Waals surface area (Å²) in [5, 5.41) is 7.24. The average Bonchev–Trinajstić information content (AvgIpc) is 2.28. The molecule has 0 amide bonds. The van der Waals surface area contributed by atoms with Gasteiger partial charge in [-0.05, 0) is 31.5 Å². The van der Waals surface area contributed by atoms with Crippen molar-refractivity contribution in [2.45, 2.75) is 25.1 Å². The lowest BCUT2D eigenvalue weighted by Gasteiger charge is -2.16. The summed E-state index contributed by atoms with van der Waals surface area (Å²) in [6, 6.07) is 6.64. The van der Waals surface area contributed by atoms with Crippen LogP contribution in [-0.2, 0) is 14.8 Å². The number of halogens is 1. The van der Waals surface area contributed by atoms with E-state index < -0.39 is 27.3 Å². The number of hydrogen-bond acceptors (Lipinski definition) is 3. The number of aliphatic carboxylic acids is 1. The first-order valence-corrected chi connectivity index (χ1v) is 7.57. The maximum atomic E-state index is 11.7. The number of carbonyl (C=O) groups is 1. The first kappa shape index (κ1) is 15.1. The van der Waals surface area contributed by atoms with Crippen molar-refractivity contribution in [3.63, 3.8) is 0 Å². The topological polar surface area (TPSA) is 83.5 Å². The van der Waals surface area contributed by atoms with Gasteiger partial charge in [0.25, 0.3) is 0 Å². The lowest BCUT2D eigenvalue weighted by Crippen LogP contribution is -2.38. The van der Waals surface area contributed by atoms with Gasteiger partial charge in [-0.3, -0.25) is 4.79 Å². The highest BCUT2D eigenvalue weighted by Crippen LogP contribution is 2.18. The van der Waals surface area contributed by atoms with Crippen molar-refractivity contribution in [3.05, 3.63) is 34.3 Å². The first-order valence-electron chi connectivity index (χ1n) is 5.23. The van der Waals surface area contributed by atoms with Crippen LogP contribution in [0.15, 0.2) is 28.7 Å². The Bertz CT molecular complexity index is 526. The number of rotatable bonds is 5. The molecule has 100 valence electrons. The number of carboxylic acid groups (broad SMARTS) is 1. The fraction of sp³-hybridized carbons (Fsp3) is 0.364. The summed E-state index contributed by atoms with van der Waals surface area (Å²) in [5.74, 6) is -1.37. The third-order valence-electron chi connectivity index (χ3n) is 2.52. The highest BCUT2D eigenvalue weighted by molar-refractivity contribution is 9.10. The van der Waals surface area contributed by atoms with Crippen LogP contribution < -0.4 is 4.72 Å². The van der Waals surface area contributed by atoms with Crippen LogP contribution >= 0.6 is 15.9 Å². The molecule has 0 bridgehead atoms. The molecule has 1 unspecified atom stereocenters. The number of sulfonamides is 1. The van der Waals surface area contributed by atoms with E-state index in [4.69, 9.17) is 5.11 Å². The van der Waals surface area contributed by atoms with Crippen molar-refractivity contribution in [3.8, 4) is 0 Å². The molecule has 7 heteroatoms. The van der Waals surface area contributed by atoms with E-state index in [2.05, 4.69) is 20.7 Å². The first-order chi connectivity index (χ1) is 8.24. The molecular weight excluding hydrogens is 322 g/mol. The van der Waals surface area contributed by atoms with Gasteiger partial charge in [0.2, 0.25) is 10.0 Å². The highest BCUT2D eigenvalue weighted by Gasteiger charge is 2.29. The van der Waals surface area contributed by atoms with Crippen molar-refractivity contribution in [2.75, 3.05) is 0 Å². The van der Waals surface area contributed by atoms with Gasteiger partial charge in [0, 0.05) is 10.5 Å². The van der Waals surface area contributed by atoms with Crippen LogP contribution in [0.1, 0.15) is 25.5 Å². The molecule has 5 nitrogen and oxygen atoms in total. The summed E-state index contributed by atoms with van der Waals surface area (Å²) < 4.78 is 26.7. The number of carboxylic acids is 1. The van der Waals surface area contributed by atoms with E-state index in [1.165, 1.54) is 0 Å². The SMILES string of the molecule is CC(C(=O)O)S(=O)(=O)N[C@H](C)c1ccc(Br)cc1. The molecule has 0 aromatic heterocycles. The second-order valence-corrected chi connectivity index (χ2v) is 6.87. The summed E-state index contributed by atoms with van der Waals surface area (Å²) in [6.45, 7) is 2.80. The van der Waals surface area contributed by atoms with E-state index >= 15 is 0 Å². The predicted octanol–water partition coefficient (Wildman–Crippen LogP) is 1.90. The molecule has 0 radical (unpaired) electrons. The largest absolute Gasteiger partial charge is 0.480 e. The number of hydrogen-bond donors (Lipinski definition) is 2. The molecule has 1 aromatic rings. The molecule has 1 aromatic carbocycles. The van der Waals surface area contributed by atoms with Gasteiger partial charge in [-0.15, -0.1) is 0 Å². The van der Waals surface area contributed by atoms with Crippen LogP contribution in [0.3, 0.4) is 0 Å². The van der Waals surface area contributed by atoms with Crippen molar-refractivity contribution in [2.24, 2.45) is 0 Å². The molecule has 0 aliphatic heterocycles. The lowest BCUT2D eigenvalue weighted by molar-refractivity contribution is -0.136. The van der Waals surface area contributed by atoms with Crippen LogP contribution in [0.25, 0.3) is 0 Å². The van der Waals surface area contributed by atoms with Crippen LogP contribution in [0.5, 0.6) is 0 Å². The van der Waals surface area contributed by atoms with Crippen molar-refractivity contribution in [1.29, 1.82) is 0 Å². The molecule has 0 saturated heterocycles. The van der Waals surface area contributed by atoms with E-state index in [1.54, 1.807) is 31.2 Å². The van der Waals surface area contributed by atoms with Crippen LogP contribution in [-0.4, -0.2) is 24.7 Å². The Morgan fingerprint density at radius 2 is 1.78 bits per heavy atom. The Morgan fingerprint density at radius 3 is 2.22 bits per heavy atom. The van der Waals surface area contributed by atoms with E-state index in [0.29, 0.717) is 0 Å². The van der Waals surface area contributed by atoms with E-state index in [1.807, 2.05) is 0 Å². The second kappa shape index (κ2) is 5.81. The summed E-state index contributed by atoms with van der Waals surface area (Å²) in [4.78, 5) is 10.7. The summed E-state index contributed by atoms with van der Waals surface area (Å²) in [7, 11) is -3.88. The van der Waals surface area contributed by atoms with Crippen molar-refractivity contribution in [1.82, 2.24) is 4.72 Å². The fourth-order valence-electron chi connectivity index (χ4n) is 1.30. The zero-order valence-corrected chi connectivity index (χ0v) is 12.3. The van der Waals surface area contributed by atoms with Gasteiger partial charge in [-0.1, -0.05) is 28.1 Å². The molecule has 0 spiro atoms. The van der Waals surface area contributed by atoms with Gasteiger partial charge in [0.1, 0.15) is 0 Å². The minimum atomic E-state index is -3.88. The van der Waals surface area contributed by atoms with E-state index in [9.17, 15) is 13.2 Å². The zero-order chi connectivity index (χ0) is 13.9. The molecule has 0 heterocycles. The summed E-state index contributed by atoms with van der Waals surface area (Å²) in [5.41, 5.74) is 0.763. The molecule has 2 N–H and O–H groups in total. The van der Waals surface area contributed by atoms with Crippen LogP contribution in [0.2, 0.25) is 0 Å². The van der Waals surface area contributed by atoms with Gasteiger partial charge < -0.3 is 5.11 Å². The Kier molecular flexibility index (Phi) is 4.89. The third kappa shape index (κ3) is 3.79. The van der Waals surface area contributed by atoms with Gasteiger partial charge in [-0.2, -0.15) is 0 Å². The summed E-state index contributed by atoms with van der Waals surface area (Å²) >= 11 is 3.28. The standard InChI is InChI=1S/C11H14BrNO4S/c1-7(9-3-5-10(12)6-4-9)13-18(16,17)8(2)11(14)15/h3-8,13H,1-2H3,(H,14,15)/t7-,8?/m1/s1. The molecular formula is C11H14BrNO4S. The molecule has 0 aliphatic carbocycles. The number of benzene rings is 1. The molecule has 0 fully saturated rings. The molecule has 1 rings (SSSR count). The molecule has 0 saturated carbocycles. The Morgan fingerprint density at radius 1 is 1.28 bits per heavy atom. The smallest absolute Gasteiger partial charge is 0.323 e. The molecule has 2 atom stereocenters. The van der Waals surface area contributed by atoms with Crippen molar-refractivity contribution < 1.29 is 18.3 Å². The van der Waals surface area contributed by atoms with Gasteiger partial charge in [-0.25, -0.2) is 13.1 Å². The molecule has 18 heavy (non-hydrogen) atoms. The Hall–Kier alpha value is -0.920. The van der Waals surface area contributed by atoms with Gasteiger partial charge in [0.05, 0.1) is 0 Å². The van der Waals surface area contributed by atoms with Gasteiger partial charge in [0.15, 0.2) is 5.25 Å². The normalized spacial score (nSPS) is 15.1. The van der Waals surface area contributed by atoms with Crippen LogP contribution in [0.4, 0.5) is 0 Å². The lowest BCUT2D eigenvalue weighted by atomic mass is 10.1. The monoisotopic (exact) mass is 335 g/mol. The molecule has 0 aliphatic rings. The van der Waals surface area contributed by atoms with Gasteiger partial charge >= 0.3 is 5.97 Å². The Labute approximate surface area is 114 Å². The third-order valence-corrected chi connectivity index (χ3v) is 4.87. The highest BCUT2D eigenvalue weighted by atomic mass is 79.9. The minimum absolute atomic E-state index is 0.482. The van der Waals surface area contributed by atoms with E-state index in [0.717, 1.165) is 17.0 Å². The number of nitrogens with one attached hydrogen (secondary N) is 1. The Balaban J connectivity index is 2.85. The fourth-order valence-corrected chi connectivity index (χ4v) is 2.66. The van der Waals surface area contributed by atoms with Crippen LogP contribution in [0, 0.1) is 0 Å². The second-order valence-electron chi connectivity index (χ2n) is 3.92. The average molecular weight is 336 g/mol. The predicted molar refractivity (Wildman–Crippen MR) is 71.7 cm³/mol. The maximum Gasteiger partial charge on any atom is 0.323 e. The van der Waals surface area contributed by atoms with Crippen molar-refractivity contribution >= 4 is 31.9 Å². The summed E-state index contributed by atoms with van der Waals surface area (Å²) in [6.07, 6.45) is 0. The zero-order valence-electron chi connectivity index (χ0n) is 9.92. The minimum Gasteiger partial charge on any atom is -0.480 e. The quantitative estimate of drug-likeness (QED) is 0.860. The maximum absolute atomic E-state index is 11.7.